The maximum atomic E-state index is 12.5. The van der Waals surface area contributed by atoms with Crippen molar-refractivity contribution in [2.24, 2.45) is 5.73 Å². The largest absolute Gasteiger partial charge is 0.399 e. The number of non-ortho nitro benzene ring substituents is 2. The zero-order chi connectivity index (χ0) is 40.7. The van der Waals surface area contributed by atoms with Crippen LogP contribution in [0, 0.1) is 46.8 Å². The van der Waals surface area contributed by atoms with Gasteiger partial charge in [-0.2, -0.15) is 0 Å². The fraction of sp³-hybridized carbons (Fsp3) is 0.571. The second-order valence-electron chi connectivity index (χ2n) is 14.9. The third kappa shape index (κ3) is 20.3. The molecule has 3 aliphatic rings. The van der Waals surface area contributed by atoms with Crippen LogP contribution in [0.1, 0.15) is 74.5 Å². The molecule has 13 nitrogen and oxygen atoms in total. The number of nitrogen functional groups attached to an aromatic ring is 1. The van der Waals surface area contributed by atoms with Crippen LogP contribution in [0.3, 0.4) is 0 Å². The number of anilines is 3. The standard InChI is InChI=1S/C14H21N3O2.C14H23N3.C7H6FNO2.C7H16N2.2ClH/c1-12-11-13(17(18)19)5-6-14(12)15-7-4-10-16-8-2-3-9-16;1-12-11-13(15)5-6-14(12)16-7-4-10-17-8-2-3-9-17;1-5-4-6(9(10)11)2-3-7(5)8;8-4-3-7-9-5-1-2-6-9;;/h5-6,11,15H,2-4,7-10H2,1H3;5-6,11,16H,2-4,7-10,15H2,1H3;2-4H,1H3;1-8H2;2*1H. The summed E-state index contributed by atoms with van der Waals surface area (Å²) in [6.45, 7) is 19.5. The molecule has 6 rings (SSSR count). The van der Waals surface area contributed by atoms with Crippen molar-refractivity contribution in [2.45, 2.75) is 78.6 Å². The van der Waals surface area contributed by atoms with Crippen LogP contribution in [0.25, 0.3) is 0 Å². The SMILES string of the molecule is Cc1cc(N)ccc1NCCCN1CCCC1.Cc1cc([N+](=O)[O-])ccc1F.Cc1cc([N+](=O)[O-])ccc1NCCCN1CCCC1.Cl.Cl.NCCCN1CCCC1. The van der Waals surface area contributed by atoms with Crippen molar-refractivity contribution >= 4 is 53.3 Å². The summed E-state index contributed by atoms with van der Waals surface area (Å²) in [5.74, 6) is -0.421. The molecule has 0 unspecified atom stereocenters. The van der Waals surface area contributed by atoms with Gasteiger partial charge in [0.2, 0.25) is 0 Å². The van der Waals surface area contributed by atoms with Gasteiger partial charge in [0.05, 0.1) is 9.85 Å². The summed E-state index contributed by atoms with van der Waals surface area (Å²) in [4.78, 5) is 27.4. The molecule has 3 aromatic rings. The number of aryl methyl sites for hydroxylation is 3. The zero-order valence-electron chi connectivity index (χ0n) is 34.8. The van der Waals surface area contributed by atoms with Crippen molar-refractivity contribution in [1.82, 2.24) is 14.7 Å². The lowest BCUT2D eigenvalue weighted by atomic mass is 10.2. The number of nitro benzene ring substituents is 2. The van der Waals surface area contributed by atoms with E-state index in [1.807, 2.05) is 19.1 Å². The number of nitrogens with two attached hydrogens (primary N) is 2. The van der Waals surface area contributed by atoms with Crippen LogP contribution in [-0.2, 0) is 0 Å². The molecule has 0 atom stereocenters. The minimum Gasteiger partial charge on any atom is -0.399 e. The summed E-state index contributed by atoms with van der Waals surface area (Å²) >= 11 is 0. The minimum atomic E-state index is -0.549. The van der Waals surface area contributed by atoms with Crippen LogP contribution < -0.4 is 22.1 Å². The maximum absolute atomic E-state index is 12.5. The monoisotopic (exact) mass is 851 g/mol. The third-order valence-corrected chi connectivity index (χ3v) is 10.2. The van der Waals surface area contributed by atoms with Crippen molar-refractivity contribution in [1.29, 1.82) is 0 Å². The van der Waals surface area contributed by atoms with E-state index in [0.717, 1.165) is 61.7 Å². The van der Waals surface area contributed by atoms with Crippen molar-refractivity contribution in [2.75, 3.05) is 94.9 Å². The Bertz CT molecular complexity index is 1620. The van der Waals surface area contributed by atoms with Gasteiger partial charge in [-0.3, -0.25) is 20.2 Å². The summed E-state index contributed by atoms with van der Waals surface area (Å²) in [6.07, 6.45) is 11.7. The first-order valence-corrected chi connectivity index (χ1v) is 20.3. The highest BCUT2D eigenvalue weighted by Crippen LogP contribution is 2.21. The first-order chi connectivity index (χ1) is 27.0. The molecule has 16 heteroatoms. The Kier molecular flexibility index (Phi) is 26.5. The average molecular weight is 853 g/mol. The predicted octanol–water partition coefficient (Wildman–Crippen LogP) is 8.59. The van der Waals surface area contributed by atoms with Crippen LogP contribution in [-0.4, -0.2) is 103 Å². The average Bonchev–Trinajstić information content (AvgIpc) is 4.00. The molecule has 3 fully saturated rings. The molecule has 0 aromatic heterocycles. The number of nitrogens with zero attached hydrogens (tertiary/aromatic N) is 5. The molecular weight excluding hydrogens is 784 g/mol. The molecule has 0 radical (unpaired) electrons. The van der Waals surface area contributed by atoms with Crippen molar-refractivity contribution in [3.63, 3.8) is 0 Å². The molecule has 326 valence electrons. The van der Waals surface area contributed by atoms with E-state index >= 15 is 0 Å². The van der Waals surface area contributed by atoms with E-state index in [4.69, 9.17) is 11.5 Å². The topological polar surface area (TPSA) is 172 Å². The number of likely N-dealkylation sites (tertiary alicyclic amines) is 3. The van der Waals surface area contributed by atoms with Crippen LogP contribution in [0.4, 0.5) is 32.8 Å². The molecule has 3 heterocycles. The number of nitrogens with one attached hydrogen (secondary N) is 2. The molecule has 0 amide bonds. The summed E-state index contributed by atoms with van der Waals surface area (Å²) in [6, 6.07) is 14.4. The number of rotatable bonds is 15. The van der Waals surface area contributed by atoms with Gasteiger partial charge in [0.25, 0.3) is 11.4 Å². The van der Waals surface area contributed by atoms with Gasteiger partial charge in [-0.15, -0.1) is 24.8 Å². The lowest BCUT2D eigenvalue weighted by Gasteiger charge is -2.15. The zero-order valence-corrected chi connectivity index (χ0v) is 36.4. The fourth-order valence-corrected chi connectivity index (χ4v) is 6.97. The number of nitro groups is 2. The predicted molar refractivity (Wildman–Crippen MR) is 243 cm³/mol. The molecular formula is C42H68Cl2FN9O4. The first kappa shape index (κ1) is 52.2. The third-order valence-electron chi connectivity index (χ3n) is 10.2. The lowest BCUT2D eigenvalue weighted by molar-refractivity contribution is -0.385. The Labute approximate surface area is 357 Å². The van der Waals surface area contributed by atoms with Gasteiger partial charge in [-0.25, -0.2) is 4.39 Å². The second kappa shape index (κ2) is 29.4. The van der Waals surface area contributed by atoms with E-state index in [1.165, 1.54) is 128 Å². The number of benzene rings is 3. The van der Waals surface area contributed by atoms with Crippen molar-refractivity contribution in [3.05, 3.63) is 97.3 Å². The van der Waals surface area contributed by atoms with E-state index in [2.05, 4.69) is 38.3 Å². The van der Waals surface area contributed by atoms with Gasteiger partial charge in [0, 0.05) is 54.4 Å². The van der Waals surface area contributed by atoms with Crippen LogP contribution in [0.5, 0.6) is 0 Å². The van der Waals surface area contributed by atoms with E-state index in [0.29, 0.717) is 5.56 Å². The minimum absolute atomic E-state index is 0. The summed E-state index contributed by atoms with van der Waals surface area (Å²) in [7, 11) is 0. The quantitative estimate of drug-likeness (QED) is 0.0500. The van der Waals surface area contributed by atoms with Gasteiger partial charge in [-0.05, 0) is 191 Å². The highest BCUT2D eigenvalue weighted by molar-refractivity contribution is 5.85. The Morgan fingerprint density at radius 3 is 1.36 bits per heavy atom. The Hall–Kier alpha value is -3.79. The molecule has 3 saturated heterocycles. The lowest BCUT2D eigenvalue weighted by Crippen LogP contribution is -2.22. The van der Waals surface area contributed by atoms with E-state index in [9.17, 15) is 24.6 Å². The number of hydrogen-bond donors (Lipinski definition) is 4. The van der Waals surface area contributed by atoms with E-state index < -0.39 is 10.7 Å². The Morgan fingerprint density at radius 1 is 0.603 bits per heavy atom. The van der Waals surface area contributed by atoms with Gasteiger partial charge in [-0.1, -0.05) is 0 Å². The maximum Gasteiger partial charge on any atom is 0.269 e. The van der Waals surface area contributed by atoms with Gasteiger partial charge < -0.3 is 36.8 Å². The van der Waals surface area contributed by atoms with Crippen LogP contribution in [0.15, 0.2) is 54.6 Å². The molecule has 3 aliphatic heterocycles. The van der Waals surface area contributed by atoms with E-state index in [1.54, 1.807) is 18.2 Å². The second-order valence-corrected chi connectivity index (χ2v) is 14.9. The number of halogens is 3. The highest BCUT2D eigenvalue weighted by atomic mass is 35.5. The molecule has 6 N–H and O–H groups in total. The summed E-state index contributed by atoms with van der Waals surface area (Å²) in [5.41, 5.74) is 16.7. The van der Waals surface area contributed by atoms with Crippen LogP contribution >= 0.6 is 24.8 Å². The molecule has 0 aliphatic carbocycles. The van der Waals surface area contributed by atoms with Gasteiger partial charge in [0.15, 0.2) is 0 Å². The highest BCUT2D eigenvalue weighted by Gasteiger charge is 2.13. The molecule has 3 aromatic carbocycles. The molecule has 58 heavy (non-hydrogen) atoms. The molecule has 0 saturated carbocycles. The first-order valence-electron chi connectivity index (χ1n) is 20.3. The van der Waals surface area contributed by atoms with Crippen molar-refractivity contribution < 1.29 is 14.2 Å². The fourth-order valence-electron chi connectivity index (χ4n) is 6.97. The Morgan fingerprint density at radius 2 is 0.983 bits per heavy atom. The van der Waals surface area contributed by atoms with Crippen molar-refractivity contribution in [3.8, 4) is 0 Å². The van der Waals surface area contributed by atoms with Crippen LogP contribution in [0.2, 0.25) is 0 Å². The normalized spacial score (nSPS) is 15.0. The smallest absolute Gasteiger partial charge is 0.269 e. The van der Waals surface area contributed by atoms with Gasteiger partial charge >= 0.3 is 0 Å². The Balaban J connectivity index is 0.000000397. The summed E-state index contributed by atoms with van der Waals surface area (Å²) < 4.78 is 12.5. The van der Waals surface area contributed by atoms with Gasteiger partial charge in [0.1, 0.15) is 5.82 Å². The number of hydrogen-bond acceptors (Lipinski definition) is 11. The molecule has 0 bridgehead atoms. The van der Waals surface area contributed by atoms with E-state index in [-0.39, 0.29) is 41.1 Å². The molecule has 0 spiro atoms. The summed E-state index contributed by atoms with van der Waals surface area (Å²) in [5, 5.41) is 27.6.